The van der Waals surface area contributed by atoms with Crippen molar-refractivity contribution in [1.82, 2.24) is 14.8 Å². The lowest BCUT2D eigenvalue weighted by atomic mass is 10.0. The molecule has 0 bridgehead atoms. The Kier molecular flexibility index (Phi) is 5.52. The molecule has 1 saturated heterocycles. The SMILES string of the molecule is Cc1cc(C(=O)NC2CCN(C)CC2)c(C)n1-c1ccc(C(C)C)cc1. The monoisotopic (exact) mass is 353 g/mol. The van der Waals surface area contributed by atoms with Crippen LogP contribution in [0.1, 0.15) is 59.9 Å². The van der Waals surface area contributed by atoms with Crippen molar-refractivity contribution in [2.75, 3.05) is 20.1 Å². The van der Waals surface area contributed by atoms with Crippen LogP contribution in [0.4, 0.5) is 0 Å². The number of aromatic nitrogens is 1. The molecule has 0 radical (unpaired) electrons. The molecule has 1 amide bonds. The van der Waals surface area contributed by atoms with Gasteiger partial charge in [0, 0.05) is 23.1 Å². The number of nitrogens with one attached hydrogen (secondary N) is 1. The quantitative estimate of drug-likeness (QED) is 0.901. The summed E-state index contributed by atoms with van der Waals surface area (Å²) in [7, 11) is 2.14. The summed E-state index contributed by atoms with van der Waals surface area (Å²) in [5.74, 6) is 0.574. The van der Waals surface area contributed by atoms with Crippen molar-refractivity contribution in [2.45, 2.75) is 52.5 Å². The Labute approximate surface area is 157 Å². The van der Waals surface area contributed by atoms with Gasteiger partial charge in [-0.15, -0.1) is 0 Å². The van der Waals surface area contributed by atoms with E-state index in [9.17, 15) is 4.79 Å². The standard InChI is InChI=1S/C22H31N3O/c1-15(2)18-6-8-20(9-7-18)25-16(3)14-21(17(25)4)22(26)23-19-10-12-24(5)13-11-19/h6-9,14-15,19H,10-13H2,1-5H3,(H,23,26). The summed E-state index contributed by atoms with van der Waals surface area (Å²) in [6, 6.07) is 10.9. The van der Waals surface area contributed by atoms with E-state index < -0.39 is 0 Å². The number of amides is 1. The van der Waals surface area contributed by atoms with Gasteiger partial charge in [-0.1, -0.05) is 26.0 Å². The lowest BCUT2D eigenvalue weighted by molar-refractivity contribution is 0.0916. The van der Waals surface area contributed by atoms with Crippen LogP contribution in [0, 0.1) is 13.8 Å². The van der Waals surface area contributed by atoms with E-state index in [-0.39, 0.29) is 11.9 Å². The average Bonchev–Trinajstić information content (AvgIpc) is 2.91. The van der Waals surface area contributed by atoms with Crippen LogP contribution in [0.5, 0.6) is 0 Å². The van der Waals surface area contributed by atoms with E-state index in [0.717, 1.165) is 48.6 Å². The highest BCUT2D eigenvalue weighted by molar-refractivity contribution is 5.96. The van der Waals surface area contributed by atoms with Gasteiger partial charge in [0.25, 0.3) is 5.91 Å². The molecule has 0 spiro atoms. The average molecular weight is 354 g/mol. The summed E-state index contributed by atoms with van der Waals surface area (Å²) < 4.78 is 2.17. The molecule has 1 fully saturated rings. The van der Waals surface area contributed by atoms with Crippen LogP contribution in [-0.4, -0.2) is 41.6 Å². The third kappa shape index (κ3) is 3.85. The molecule has 3 rings (SSSR count). The van der Waals surface area contributed by atoms with Crippen molar-refractivity contribution < 1.29 is 4.79 Å². The zero-order valence-electron chi connectivity index (χ0n) is 16.7. The van der Waals surface area contributed by atoms with Gasteiger partial charge in [0.05, 0.1) is 5.56 Å². The maximum absolute atomic E-state index is 12.8. The van der Waals surface area contributed by atoms with Crippen LogP contribution in [0.25, 0.3) is 5.69 Å². The van der Waals surface area contributed by atoms with E-state index >= 15 is 0 Å². The van der Waals surface area contributed by atoms with Gasteiger partial charge in [-0.25, -0.2) is 0 Å². The minimum absolute atomic E-state index is 0.0534. The van der Waals surface area contributed by atoms with Crippen LogP contribution < -0.4 is 5.32 Å². The van der Waals surface area contributed by atoms with Crippen molar-refractivity contribution in [2.24, 2.45) is 0 Å². The van der Waals surface area contributed by atoms with Gasteiger partial charge in [0.15, 0.2) is 0 Å². The number of piperidine rings is 1. The molecular weight excluding hydrogens is 322 g/mol. The normalized spacial score (nSPS) is 16.2. The third-order valence-corrected chi connectivity index (χ3v) is 5.55. The van der Waals surface area contributed by atoms with Gasteiger partial charge in [0.1, 0.15) is 0 Å². The van der Waals surface area contributed by atoms with Crippen molar-refractivity contribution in [3.8, 4) is 5.69 Å². The number of rotatable bonds is 4. The number of likely N-dealkylation sites (tertiary alicyclic amines) is 1. The van der Waals surface area contributed by atoms with Crippen molar-refractivity contribution in [3.63, 3.8) is 0 Å². The van der Waals surface area contributed by atoms with E-state index in [1.165, 1.54) is 5.56 Å². The molecule has 2 aromatic rings. The molecule has 1 aromatic carbocycles. The summed E-state index contributed by atoms with van der Waals surface area (Å²) in [6.45, 7) is 10.6. The fourth-order valence-corrected chi connectivity index (χ4v) is 3.81. The zero-order valence-corrected chi connectivity index (χ0v) is 16.7. The minimum atomic E-state index is 0.0534. The minimum Gasteiger partial charge on any atom is -0.349 e. The van der Waals surface area contributed by atoms with E-state index in [1.54, 1.807) is 0 Å². The molecule has 4 nitrogen and oxygen atoms in total. The second-order valence-corrected chi connectivity index (χ2v) is 7.92. The smallest absolute Gasteiger partial charge is 0.253 e. The van der Waals surface area contributed by atoms with Crippen LogP contribution >= 0.6 is 0 Å². The first-order valence-corrected chi connectivity index (χ1v) is 9.65. The predicted molar refractivity (Wildman–Crippen MR) is 107 cm³/mol. The van der Waals surface area contributed by atoms with Crippen LogP contribution in [0.2, 0.25) is 0 Å². The highest BCUT2D eigenvalue weighted by Crippen LogP contribution is 2.23. The fraction of sp³-hybridized carbons (Fsp3) is 0.500. The molecule has 140 valence electrons. The number of aryl methyl sites for hydroxylation is 1. The van der Waals surface area contributed by atoms with Crippen molar-refractivity contribution in [1.29, 1.82) is 0 Å². The van der Waals surface area contributed by atoms with E-state index in [0.29, 0.717) is 5.92 Å². The Morgan fingerprint density at radius 1 is 1.12 bits per heavy atom. The first-order chi connectivity index (χ1) is 12.4. The largest absolute Gasteiger partial charge is 0.349 e. The third-order valence-electron chi connectivity index (χ3n) is 5.55. The summed E-state index contributed by atoms with van der Waals surface area (Å²) in [6.07, 6.45) is 2.05. The number of carbonyl (C=O) groups is 1. The molecule has 2 heterocycles. The Balaban J connectivity index is 1.80. The topological polar surface area (TPSA) is 37.3 Å². The molecule has 0 saturated carbocycles. The lowest BCUT2D eigenvalue weighted by Gasteiger charge is -2.29. The molecule has 1 N–H and O–H groups in total. The Morgan fingerprint density at radius 2 is 1.73 bits per heavy atom. The van der Waals surface area contributed by atoms with Gasteiger partial charge in [0.2, 0.25) is 0 Å². The first kappa shape index (κ1) is 18.7. The van der Waals surface area contributed by atoms with Crippen LogP contribution in [0.15, 0.2) is 30.3 Å². The molecule has 4 heteroatoms. The number of benzene rings is 1. The van der Waals surface area contributed by atoms with Gasteiger partial charge in [-0.3, -0.25) is 4.79 Å². The number of nitrogens with zero attached hydrogens (tertiary/aromatic N) is 2. The fourth-order valence-electron chi connectivity index (χ4n) is 3.81. The van der Waals surface area contributed by atoms with Gasteiger partial charge >= 0.3 is 0 Å². The molecule has 0 unspecified atom stereocenters. The molecule has 1 aliphatic heterocycles. The van der Waals surface area contributed by atoms with E-state index in [4.69, 9.17) is 0 Å². The van der Waals surface area contributed by atoms with Gasteiger partial charge < -0.3 is 14.8 Å². The van der Waals surface area contributed by atoms with E-state index in [2.05, 4.69) is 66.9 Å². The van der Waals surface area contributed by atoms with Gasteiger partial charge in [-0.05, 0) is 76.5 Å². The van der Waals surface area contributed by atoms with Crippen LogP contribution in [0.3, 0.4) is 0 Å². The Bertz CT molecular complexity index is 765. The van der Waals surface area contributed by atoms with E-state index in [1.807, 2.05) is 13.0 Å². The zero-order chi connectivity index (χ0) is 18.8. The Morgan fingerprint density at radius 3 is 2.31 bits per heavy atom. The molecule has 1 aromatic heterocycles. The molecule has 1 aliphatic rings. The number of hydrogen-bond acceptors (Lipinski definition) is 2. The number of hydrogen-bond donors (Lipinski definition) is 1. The molecule has 0 atom stereocenters. The maximum Gasteiger partial charge on any atom is 0.253 e. The second kappa shape index (κ2) is 7.67. The predicted octanol–water partition coefficient (Wildman–Crippen LogP) is 4.04. The highest BCUT2D eigenvalue weighted by Gasteiger charge is 2.22. The summed E-state index contributed by atoms with van der Waals surface area (Å²) in [4.78, 5) is 15.1. The molecule has 26 heavy (non-hydrogen) atoms. The highest BCUT2D eigenvalue weighted by atomic mass is 16.1. The summed E-state index contributed by atoms with van der Waals surface area (Å²) in [5.41, 5.74) is 5.33. The summed E-state index contributed by atoms with van der Waals surface area (Å²) >= 11 is 0. The van der Waals surface area contributed by atoms with Crippen molar-refractivity contribution >= 4 is 5.91 Å². The Hall–Kier alpha value is -2.07. The van der Waals surface area contributed by atoms with Crippen molar-refractivity contribution in [3.05, 3.63) is 52.8 Å². The van der Waals surface area contributed by atoms with Gasteiger partial charge in [-0.2, -0.15) is 0 Å². The lowest BCUT2D eigenvalue weighted by Crippen LogP contribution is -2.43. The molecule has 0 aliphatic carbocycles. The van der Waals surface area contributed by atoms with Crippen LogP contribution in [-0.2, 0) is 0 Å². The number of carbonyl (C=O) groups excluding carboxylic acids is 1. The molecular formula is C22H31N3O. The summed E-state index contributed by atoms with van der Waals surface area (Å²) in [5, 5.41) is 3.23. The maximum atomic E-state index is 12.8. The first-order valence-electron chi connectivity index (χ1n) is 9.65. The second-order valence-electron chi connectivity index (χ2n) is 7.92.